The zero-order valence-electron chi connectivity index (χ0n) is 10.4. The summed E-state index contributed by atoms with van der Waals surface area (Å²) in [6.07, 6.45) is 4.64. The van der Waals surface area contributed by atoms with Gasteiger partial charge in [-0.3, -0.25) is 0 Å². The third-order valence-corrected chi connectivity index (χ3v) is 4.11. The lowest BCUT2D eigenvalue weighted by atomic mass is 9.93. The molecule has 18 heavy (non-hydrogen) atoms. The van der Waals surface area contributed by atoms with Gasteiger partial charge in [0.25, 0.3) is 0 Å². The summed E-state index contributed by atoms with van der Waals surface area (Å²) in [5, 5.41) is 3.51. The second-order valence-corrected chi connectivity index (χ2v) is 5.25. The maximum absolute atomic E-state index is 4.81. The van der Waals surface area contributed by atoms with Gasteiger partial charge < -0.3 is 10.3 Å². The van der Waals surface area contributed by atoms with Crippen LogP contribution in [0.25, 0.3) is 11.3 Å². The van der Waals surface area contributed by atoms with Gasteiger partial charge in [0.15, 0.2) is 0 Å². The van der Waals surface area contributed by atoms with Gasteiger partial charge in [-0.1, -0.05) is 24.3 Å². The first-order chi connectivity index (χ1) is 8.92. The minimum absolute atomic E-state index is 0.433. The van der Waals surface area contributed by atoms with Crippen LogP contribution in [-0.2, 0) is 12.8 Å². The number of rotatable bonds is 1. The van der Waals surface area contributed by atoms with Crippen molar-refractivity contribution in [3.05, 3.63) is 41.3 Å². The summed E-state index contributed by atoms with van der Waals surface area (Å²) in [5.41, 5.74) is 5.29. The molecule has 3 nitrogen and oxygen atoms in total. The summed E-state index contributed by atoms with van der Waals surface area (Å²) in [4.78, 5) is 8.37. The van der Waals surface area contributed by atoms with E-state index in [-0.39, 0.29) is 0 Å². The summed E-state index contributed by atoms with van der Waals surface area (Å²) in [6, 6.07) is 9.11. The molecule has 2 aromatic rings. The van der Waals surface area contributed by atoms with Crippen molar-refractivity contribution in [2.24, 2.45) is 0 Å². The molecule has 1 aromatic carbocycles. The van der Waals surface area contributed by atoms with E-state index in [1.807, 2.05) is 0 Å². The van der Waals surface area contributed by atoms with Crippen LogP contribution in [0.4, 0.5) is 0 Å². The number of aromatic amines is 1. The molecule has 3 heteroatoms. The number of H-pyrrole nitrogens is 1. The molecule has 2 aliphatic rings. The Bertz CT molecular complexity index is 579. The summed E-state index contributed by atoms with van der Waals surface area (Å²) in [7, 11) is 0. The lowest BCUT2D eigenvalue weighted by molar-refractivity contribution is 0.611. The molecule has 1 aliphatic carbocycles. The Kier molecular flexibility index (Phi) is 2.27. The van der Waals surface area contributed by atoms with Crippen molar-refractivity contribution in [2.45, 2.75) is 31.7 Å². The van der Waals surface area contributed by atoms with Crippen molar-refractivity contribution in [3.63, 3.8) is 0 Å². The number of hydrogen-bond acceptors (Lipinski definition) is 2. The van der Waals surface area contributed by atoms with Crippen molar-refractivity contribution in [3.8, 4) is 11.3 Å². The first-order valence-electron chi connectivity index (χ1n) is 6.82. The van der Waals surface area contributed by atoms with E-state index in [4.69, 9.17) is 4.98 Å². The molecule has 92 valence electrons. The van der Waals surface area contributed by atoms with Crippen LogP contribution in [0.2, 0.25) is 0 Å². The quantitative estimate of drug-likeness (QED) is 0.803. The molecule has 0 saturated carbocycles. The topological polar surface area (TPSA) is 40.7 Å². The zero-order valence-corrected chi connectivity index (χ0v) is 10.4. The van der Waals surface area contributed by atoms with Gasteiger partial charge in [-0.2, -0.15) is 0 Å². The van der Waals surface area contributed by atoms with Crippen LogP contribution in [0.5, 0.6) is 0 Å². The van der Waals surface area contributed by atoms with Gasteiger partial charge in [0.05, 0.1) is 17.4 Å². The second-order valence-electron chi connectivity index (χ2n) is 5.25. The number of imidazole rings is 1. The Morgan fingerprint density at radius 3 is 3.00 bits per heavy atom. The van der Waals surface area contributed by atoms with Crippen LogP contribution in [0.3, 0.4) is 0 Å². The number of fused-ring (bicyclic) bond motifs is 3. The van der Waals surface area contributed by atoms with Crippen LogP contribution < -0.4 is 5.32 Å². The van der Waals surface area contributed by atoms with Gasteiger partial charge in [-0.25, -0.2) is 4.98 Å². The molecule has 0 amide bonds. The first-order valence-corrected chi connectivity index (χ1v) is 6.82. The number of nitrogens with zero attached hydrogens (tertiary/aromatic N) is 1. The highest BCUT2D eigenvalue weighted by Crippen LogP contribution is 2.33. The largest absolute Gasteiger partial charge is 0.340 e. The fourth-order valence-corrected chi connectivity index (χ4v) is 3.15. The molecule has 4 rings (SSSR count). The standard InChI is InChI=1S/C15H17N3/c1-2-5-11-10(4-1)7-8-12-14(11)18-15(17-12)13-6-3-9-16-13/h1-2,4-5,13,16H,3,6-9H2,(H,17,18). The van der Waals surface area contributed by atoms with Crippen LogP contribution in [0.15, 0.2) is 24.3 Å². The minimum atomic E-state index is 0.433. The van der Waals surface area contributed by atoms with E-state index in [9.17, 15) is 0 Å². The van der Waals surface area contributed by atoms with E-state index in [0.29, 0.717) is 6.04 Å². The van der Waals surface area contributed by atoms with E-state index >= 15 is 0 Å². The molecular formula is C15H17N3. The highest BCUT2D eigenvalue weighted by atomic mass is 15.0. The van der Waals surface area contributed by atoms with E-state index in [0.717, 1.165) is 25.2 Å². The van der Waals surface area contributed by atoms with Gasteiger partial charge >= 0.3 is 0 Å². The van der Waals surface area contributed by atoms with Crippen molar-refractivity contribution in [2.75, 3.05) is 6.54 Å². The molecule has 2 heterocycles. The van der Waals surface area contributed by atoms with Gasteiger partial charge in [-0.15, -0.1) is 0 Å². The van der Waals surface area contributed by atoms with Crippen molar-refractivity contribution in [1.29, 1.82) is 0 Å². The van der Waals surface area contributed by atoms with Crippen molar-refractivity contribution >= 4 is 0 Å². The van der Waals surface area contributed by atoms with Crippen LogP contribution in [0, 0.1) is 0 Å². The third kappa shape index (κ3) is 1.51. The maximum Gasteiger partial charge on any atom is 0.124 e. The van der Waals surface area contributed by atoms with Gasteiger partial charge in [0, 0.05) is 5.56 Å². The SMILES string of the molecule is c1ccc2c(c1)CCc1nc(C3CCCN3)[nH]c1-2. The molecule has 0 spiro atoms. The Morgan fingerprint density at radius 2 is 2.11 bits per heavy atom. The lowest BCUT2D eigenvalue weighted by Crippen LogP contribution is -2.14. The predicted molar refractivity (Wildman–Crippen MR) is 71.4 cm³/mol. The highest BCUT2D eigenvalue weighted by molar-refractivity contribution is 5.68. The molecule has 0 bridgehead atoms. The highest BCUT2D eigenvalue weighted by Gasteiger charge is 2.24. The van der Waals surface area contributed by atoms with E-state index in [1.54, 1.807) is 0 Å². The molecule has 1 aromatic heterocycles. The van der Waals surface area contributed by atoms with Crippen LogP contribution in [0.1, 0.15) is 36.0 Å². The van der Waals surface area contributed by atoms with Gasteiger partial charge in [0.2, 0.25) is 0 Å². The lowest BCUT2D eigenvalue weighted by Gasteiger charge is -2.14. The number of nitrogens with one attached hydrogen (secondary N) is 2. The molecular weight excluding hydrogens is 222 g/mol. The first kappa shape index (κ1) is 10.3. The summed E-state index contributed by atoms with van der Waals surface area (Å²) < 4.78 is 0. The van der Waals surface area contributed by atoms with Gasteiger partial charge in [-0.05, 0) is 37.8 Å². The van der Waals surface area contributed by atoms with Crippen LogP contribution >= 0.6 is 0 Å². The molecule has 0 radical (unpaired) electrons. The Hall–Kier alpha value is -1.61. The molecule has 1 saturated heterocycles. The Balaban J connectivity index is 1.79. The smallest absolute Gasteiger partial charge is 0.124 e. The average Bonchev–Trinajstić information content (AvgIpc) is 3.07. The third-order valence-electron chi connectivity index (χ3n) is 4.11. The monoisotopic (exact) mass is 239 g/mol. The van der Waals surface area contributed by atoms with E-state index < -0.39 is 0 Å². The molecule has 2 N–H and O–H groups in total. The Labute approximate surface area is 107 Å². The average molecular weight is 239 g/mol. The van der Waals surface area contributed by atoms with E-state index in [2.05, 4.69) is 34.6 Å². The summed E-state index contributed by atoms with van der Waals surface area (Å²) in [6.45, 7) is 1.12. The number of aryl methyl sites for hydroxylation is 2. The summed E-state index contributed by atoms with van der Waals surface area (Å²) in [5.74, 6) is 1.13. The zero-order chi connectivity index (χ0) is 11.9. The van der Waals surface area contributed by atoms with Gasteiger partial charge in [0.1, 0.15) is 5.82 Å². The predicted octanol–water partition coefficient (Wildman–Crippen LogP) is 2.60. The Morgan fingerprint density at radius 1 is 1.17 bits per heavy atom. The molecule has 1 atom stereocenters. The number of aromatic nitrogens is 2. The summed E-state index contributed by atoms with van der Waals surface area (Å²) >= 11 is 0. The fraction of sp³-hybridized carbons (Fsp3) is 0.400. The normalized spacial score (nSPS) is 21.7. The second kappa shape index (κ2) is 3.95. The van der Waals surface area contributed by atoms with E-state index in [1.165, 1.54) is 35.4 Å². The van der Waals surface area contributed by atoms with Crippen molar-refractivity contribution in [1.82, 2.24) is 15.3 Å². The van der Waals surface area contributed by atoms with Crippen molar-refractivity contribution < 1.29 is 0 Å². The maximum atomic E-state index is 4.81. The minimum Gasteiger partial charge on any atom is -0.340 e. The molecule has 1 unspecified atom stereocenters. The molecule has 1 fully saturated rings. The molecule has 1 aliphatic heterocycles. The number of benzene rings is 1. The van der Waals surface area contributed by atoms with Crippen LogP contribution in [-0.4, -0.2) is 16.5 Å². The fourth-order valence-electron chi connectivity index (χ4n) is 3.15. The number of hydrogen-bond donors (Lipinski definition) is 2.